The molecule has 302 valence electrons. The van der Waals surface area contributed by atoms with Gasteiger partial charge in [0.25, 0.3) is 0 Å². The van der Waals surface area contributed by atoms with E-state index >= 15 is 0 Å². The Labute approximate surface area is 332 Å². The van der Waals surface area contributed by atoms with Crippen LogP contribution < -0.4 is 16.4 Å². The molecular weight excluding hydrogens is 729 g/mol. The van der Waals surface area contributed by atoms with E-state index in [1.807, 2.05) is 91.0 Å². The second kappa shape index (κ2) is 17.7. The number of nitrogens with one attached hydrogen (secondary N) is 2. The van der Waals surface area contributed by atoms with Crippen molar-refractivity contribution in [3.63, 3.8) is 0 Å². The predicted molar refractivity (Wildman–Crippen MR) is 211 cm³/mol. The van der Waals surface area contributed by atoms with E-state index in [0.29, 0.717) is 0 Å². The number of rotatable bonds is 12. The van der Waals surface area contributed by atoms with E-state index in [1.54, 1.807) is 41.5 Å². The number of amides is 5. The van der Waals surface area contributed by atoms with Crippen LogP contribution in [0.4, 0.5) is 9.59 Å². The van der Waals surface area contributed by atoms with E-state index in [2.05, 4.69) is 20.9 Å². The molecule has 0 unspecified atom stereocenters. The Morgan fingerprint density at radius 1 is 0.702 bits per heavy atom. The number of primary amides is 1. The molecule has 0 bridgehead atoms. The zero-order chi connectivity index (χ0) is 41.4. The van der Waals surface area contributed by atoms with Gasteiger partial charge >= 0.3 is 12.2 Å². The zero-order valence-electron chi connectivity index (χ0n) is 33.3. The van der Waals surface area contributed by atoms with Gasteiger partial charge in [-0.15, -0.1) is 5.10 Å². The molecule has 3 aromatic carbocycles. The van der Waals surface area contributed by atoms with Crippen LogP contribution in [0.15, 0.2) is 97.2 Å². The van der Waals surface area contributed by atoms with Gasteiger partial charge in [0, 0.05) is 26.2 Å². The Morgan fingerprint density at radius 3 is 1.63 bits per heavy atom. The van der Waals surface area contributed by atoms with Crippen LogP contribution in [0.3, 0.4) is 0 Å². The second-order valence-electron chi connectivity index (χ2n) is 15.9. The average molecular weight is 781 g/mol. The Balaban J connectivity index is 1.45. The monoisotopic (exact) mass is 780 g/mol. The van der Waals surface area contributed by atoms with Crippen molar-refractivity contribution in [1.82, 2.24) is 35.4 Å². The third-order valence-corrected chi connectivity index (χ3v) is 9.15. The molecule has 15 heteroatoms. The van der Waals surface area contributed by atoms with Crippen molar-refractivity contribution in [2.75, 3.05) is 26.2 Å². The van der Waals surface area contributed by atoms with Gasteiger partial charge in [-0.3, -0.25) is 14.4 Å². The van der Waals surface area contributed by atoms with Crippen LogP contribution >= 0.6 is 0 Å². The highest BCUT2D eigenvalue weighted by molar-refractivity contribution is 5.86. The SMILES string of the molecule is CC(C)(C)OC(=O)N[C@H](CC(=O)NC(c1ccccc1)(c1ccccc1)c1ccccc1)c1cn([C@@H](CC(N)=O)C(=O)N2CCN(C(=O)OC(C)(C)C)CC2)nn1. The highest BCUT2D eigenvalue weighted by atomic mass is 16.6. The van der Waals surface area contributed by atoms with Crippen LogP contribution in [-0.4, -0.2) is 92.1 Å². The molecule has 5 rings (SSSR count). The maximum atomic E-state index is 14.5. The molecule has 1 aliphatic rings. The lowest BCUT2D eigenvalue weighted by atomic mass is 9.77. The van der Waals surface area contributed by atoms with E-state index in [1.165, 1.54) is 20.7 Å². The lowest BCUT2D eigenvalue weighted by Crippen LogP contribution is -2.53. The van der Waals surface area contributed by atoms with Crippen LogP contribution in [-0.2, 0) is 29.4 Å². The minimum atomic E-state index is -1.19. The number of piperazine rings is 1. The summed E-state index contributed by atoms with van der Waals surface area (Å²) in [6, 6.07) is 26.5. The van der Waals surface area contributed by atoms with Crippen molar-refractivity contribution in [3.8, 4) is 0 Å². The second-order valence-corrected chi connectivity index (χ2v) is 15.9. The maximum absolute atomic E-state index is 14.5. The van der Waals surface area contributed by atoms with Crippen LogP contribution in [0.5, 0.6) is 0 Å². The molecule has 0 spiro atoms. The van der Waals surface area contributed by atoms with Crippen molar-refractivity contribution in [1.29, 1.82) is 0 Å². The fourth-order valence-electron chi connectivity index (χ4n) is 6.64. The molecule has 5 amide bonds. The quantitative estimate of drug-likeness (QED) is 0.169. The van der Waals surface area contributed by atoms with E-state index in [4.69, 9.17) is 15.2 Å². The Hall–Kier alpha value is -6.25. The van der Waals surface area contributed by atoms with Gasteiger partial charge in [0.2, 0.25) is 17.7 Å². The van der Waals surface area contributed by atoms with Crippen molar-refractivity contribution in [2.24, 2.45) is 5.73 Å². The van der Waals surface area contributed by atoms with Gasteiger partial charge in [-0.2, -0.15) is 0 Å². The molecule has 1 aliphatic heterocycles. The van der Waals surface area contributed by atoms with Crippen LogP contribution in [0.1, 0.15) is 88.9 Å². The number of carbonyl (C=O) groups excluding carboxylic acids is 5. The van der Waals surface area contributed by atoms with Gasteiger partial charge in [0.05, 0.1) is 25.1 Å². The third kappa shape index (κ3) is 11.0. The van der Waals surface area contributed by atoms with Crippen molar-refractivity contribution >= 4 is 29.9 Å². The minimum absolute atomic E-state index is 0.137. The Bertz CT molecular complexity index is 1910. The first-order valence-electron chi connectivity index (χ1n) is 18.9. The Kier molecular flexibility index (Phi) is 13.0. The molecule has 4 N–H and O–H groups in total. The fourth-order valence-corrected chi connectivity index (χ4v) is 6.64. The molecule has 0 radical (unpaired) electrons. The summed E-state index contributed by atoms with van der Waals surface area (Å²) < 4.78 is 12.3. The summed E-state index contributed by atoms with van der Waals surface area (Å²) in [5, 5.41) is 14.6. The number of benzene rings is 3. The molecule has 57 heavy (non-hydrogen) atoms. The van der Waals surface area contributed by atoms with Gasteiger partial charge in [0.1, 0.15) is 28.5 Å². The third-order valence-electron chi connectivity index (χ3n) is 9.15. The maximum Gasteiger partial charge on any atom is 0.410 e. The van der Waals surface area contributed by atoms with Gasteiger partial charge in [-0.25, -0.2) is 14.3 Å². The number of nitrogens with two attached hydrogens (primary N) is 1. The van der Waals surface area contributed by atoms with Crippen LogP contribution in [0.2, 0.25) is 0 Å². The number of aromatic nitrogens is 3. The molecule has 15 nitrogen and oxygen atoms in total. The van der Waals surface area contributed by atoms with Crippen LogP contribution in [0.25, 0.3) is 0 Å². The summed E-state index contributed by atoms with van der Waals surface area (Å²) in [5.41, 5.74) is 5.49. The highest BCUT2D eigenvalue weighted by Crippen LogP contribution is 2.37. The minimum Gasteiger partial charge on any atom is -0.444 e. The summed E-state index contributed by atoms with van der Waals surface area (Å²) >= 11 is 0. The van der Waals surface area contributed by atoms with Gasteiger partial charge in [-0.05, 0) is 58.2 Å². The van der Waals surface area contributed by atoms with E-state index in [0.717, 1.165) is 16.7 Å². The molecule has 2 atom stereocenters. The van der Waals surface area contributed by atoms with E-state index in [9.17, 15) is 24.0 Å². The van der Waals surface area contributed by atoms with Gasteiger partial charge in [0.15, 0.2) is 0 Å². The topological polar surface area (TPSA) is 191 Å². The summed E-state index contributed by atoms with van der Waals surface area (Å²) in [5.74, 6) is -1.66. The van der Waals surface area contributed by atoms with E-state index < -0.39 is 65.2 Å². The number of hydrogen-bond donors (Lipinski definition) is 3. The molecular formula is C42H52N8O7. The summed E-state index contributed by atoms with van der Waals surface area (Å²) in [4.78, 5) is 69.6. The number of ether oxygens (including phenoxy) is 2. The molecule has 0 saturated carbocycles. The lowest BCUT2D eigenvalue weighted by Gasteiger charge is -2.37. The van der Waals surface area contributed by atoms with E-state index in [-0.39, 0.29) is 38.3 Å². The largest absolute Gasteiger partial charge is 0.444 e. The number of hydrogen-bond acceptors (Lipinski definition) is 9. The van der Waals surface area contributed by atoms with Gasteiger partial charge < -0.3 is 35.6 Å². The molecule has 1 fully saturated rings. The number of carbonyl (C=O) groups is 5. The fraction of sp³-hybridized carbons (Fsp3) is 0.405. The normalized spacial score (nSPS) is 14.6. The first-order valence-corrected chi connectivity index (χ1v) is 18.9. The summed E-state index contributed by atoms with van der Waals surface area (Å²) in [6.07, 6.45) is -0.580. The lowest BCUT2D eigenvalue weighted by molar-refractivity contribution is -0.139. The molecule has 0 aliphatic carbocycles. The summed E-state index contributed by atoms with van der Waals surface area (Å²) in [6.45, 7) is 11.3. The van der Waals surface area contributed by atoms with Crippen molar-refractivity contribution in [3.05, 3.63) is 120 Å². The molecule has 4 aromatic rings. The first-order chi connectivity index (χ1) is 26.9. The number of alkyl carbamates (subject to hydrolysis) is 1. The Morgan fingerprint density at radius 2 is 1.18 bits per heavy atom. The van der Waals surface area contributed by atoms with Crippen molar-refractivity contribution in [2.45, 2.75) is 83.2 Å². The molecule has 1 aromatic heterocycles. The molecule has 2 heterocycles. The highest BCUT2D eigenvalue weighted by Gasteiger charge is 2.39. The predicted octanol–water partition coefficient (Wildman–Crippen LogP) is 4.84. The summed E-state index contributed by atoms with van der Waals surface area (Å²) in [7, 11) is 0. The van der Waals surface area contributed by atoms with Crippen LogP contribution in [0, 0.1) is 0 Å². The van der Waals surface area contributed by atoms with Crippen molar-refractivity contribution < 1.29 is 33.4 Å². The first kappa shape index (κ1) is 41.9. The van der Waals surface area contributed by atoms with Gasteiger partial charge in [-0.1, -0.05) is 96.2 Å². The molecule has 1 saturated heterocycles. The number of nitrogens with zero attached hydrogens (tertiary/aromatic N) is 5. The average Bonchev–Trinajstić information content (AvgIpc) is 3.65. The zero-order valence-corrected chi connectivity index (χ0v) is 33.3. The smallest absolute Gasteiger partial charge is 0.410 e. The standard InChI is InChI=1S/C42H52N8O7/c1-40(2,3)56-38(54)44-32(26-36(52)45-42(29-16-10-7-11-17-29,30-18-12-8-13-19-30)31-20-14-9-15-21-31)33-28-50(47-46-33)34(27-35(43)51)37(53)48-22-24-49(25-23-48)39(55)57-41(4,5)6/h7-21,28,32,34H,22-27H2,1-6H3,(H2,43,51)(H,44,54)(H,45,52)/t32-,34+/m1/s1.